The number of imidazole rings is 1. The maximum Gasteiger partial charge on any atom is 0.114 e. The molecule has 2 nitrogen and oxygen atoms in total. The molecule has 0 aliphatic rings. The van der Waals surface area contributed by atoms with Crippen molar-refractivity contribution < 1.29 is 0 Å². The van der Waals surface area contributed by atoms with Crippen LogP contribution in [-0.4, -0.2) is 9.55 Å². The van der Waals surface area contributed by atoms with Crippen molar-refractivity contribution in [3.05, 3.63) is 17.7 Å². The second-order valence-electron chi connectivity index (χ2n) is 6.64. The van der Waals surface area contributed by atoms with Crippen molar-refractivity contribution in [2.45, 2.75) is 60.4 Å². The molecule has 0 aliphatic heterocycles. The molecule has 1 rings (SSSR count). The van der Waals surface area contributed by atoms with Gasteiger partial charge in [-0.05, 0) is 12.3 Å². The largest absolute Gasteiger partial charge is 0.334 e. The number of nitrogens with zero attached hydrogens (tertiary/aromatic N) is 2. The molecule has 0 N–H and O–H groups in total. The summed E-state index contributed by atoms with van der Waals surface area (Å²) in [5, 5.41) is 0. The minimum Gasteiger partial charge on any atom is -0.334 e. The molecular formula is C13H24N2. The minimum absolute atomic E-state index is 0.125. The Hall–Kier alpha value is -0.790. The average molecular weight is 208 g/mol. The van der Waals surface area contributed by atoms with Gasteiger partial charge in [-0.15, -0.1) is 0 Å². The summed E-state index contributed by atoms with van der Waals surface area (Å²) in [5.74, 6) is 1.19. The molecule has 0 bridgehead atoms. The Morgan fingerprint density at radius 3 is 2.07 bits per heavy atom. The Morgan fingerprint density at radius 2 is 1.67 bits per heavy atom. The van der Waals surface area contributed by atoms with E-state index in [1.165, 1.54) is 5.82 Å². The van der Waals surface area contributed by atoms with Crippen molar-refractivity contribution in [2.75, 3.05) is 0 Å². The molecular weight excluding hydrogens is 184 g/mol. The summed E-state index contributed by atoms with van der Waals surface area (Å²) in [7, 11) is 0. The Labute approximate surface area is 93.7 Å². The predicted molar refractivity (Wildman–Crippen MR) is 65.1 cm³/mol. The van der Waals surface area contributed by atoms with Gasteiger partial charge in [-0.2, -0.15) is 0 Å². The van der Waals surface area contributed by atoms with E-state index in [1.807, 2.05) is 0 Å². The summed E-state index contributed by atoms with van der Waals surface area (Å²) in [6, 6.07) is 0. The van der Waals surface area contributed by atoms with E-state index in [0.717, 1.165) is 12.2 Å². The molecule has 0 radical (unpaired) electrons. The van der Waals surface area contributed by atoms with E-state index in [1.54, 1.807) is 0 Å². The first-order valence-electron chi connectivity index (χ1n) is 5.64. The van der Waals surface area contributed by atoms with Gasteiger partial charge in [0.15, 0.2) is 0 Å². The molecule has 0 saturated heterocycles. The quantitative estimate of drug-likeness (QED) is 0.690. The molecule has 0 aromatic carbocycles. The van der Waals surface area contributed by atoms with Crippen molar-refractivity contribution >= 4 is 0 Å². The molecule has 0 spiro atoms. The van der Waals surface area contributed by atoms with E-state index in [-0.39, 0.29) is 5.41 Å². The fourth-order valence-electron chi connectivity index (χ4n) is 1.78. The number of hydrogen-bond donors (Lipinski definition) is 0. The van der Waals surface area contributed by atoms with Crippen LogP contribution in [0.2, 0.25) is 0 Å². The van der Waals surface area contributed by atoms with Crippen LogP contribution < -0.4 is 0 Å². The van der Waals surface area contributed by atoms with E-state index < -0.39 is 0 Å². The average Bonchev–Trinajstić information content (AvgIpc) is 2.25. The third-order valence-electron chi connectivity index (χ3n) is 2.21. The predicted octanol–water partition coefficient (Wildman–Crippen LogP) is 3.54. The van der Waals surface area contributed by atoms with Crippen LogP contribution in [0.25, 0.3) is 0 Å². The van der Waals surface area contributed by atoms with Gasteiger partial charge in [-0.3, -0.25) is 0 Å². The molecule has 1 heterocycles. The molecule has 0 aliphatic carbocycles. The van der Waals surface area contributed by atoms with Gasteiger partial charge in [-0.1, -0.05) is 41.5 Å². The Morgan fingerprint density at radius 1 is 1.13 bits per heavy atom. The van der Waals surface area contributed by atoms with E-state index in [9.17, 15) is 0 Å². The highest BCUT2D eigenvalue weighted by atomic mass is 15.1. The second-order valence-corrected chi connectivity index (χ2v) is 6.64. The van der Waals surface area contributed by atoms with Gasteiger partial charge < -0.3 is 4.57 Å². The van der Waals surface area contributed by atoms with Crippen LogP contribution in [0.5, 0.6) is 0 Å². The monoisotopic (exact) mass is 208 g/mol. The molecule has 0 atom stereocenters. The lowest BCUT2D eigenvalue weighted by Crippen LogP contribution is -2.23. The lowest BCUT2D eigenvalue weighted by atomic mass is 9.93. The molecule has 86 valence electrons. The molecule has 1 aromatic rings. The Bertz CT molecular complexity index is 334. The smallest absolute Gasteiger partial charge is 0.114 e. The van der Waals surface area contributed by atoms with Crippen molar-refractivity contribution in [3.8, 4) is 0 Å². The summed E-state index contributed by atoms with van der Waals surface area (Å²) < 4.78 is 2.30. The van der Waals surface area contributed by atoms with Crippen LogP contribution in [0.3, 0.4) is 0 Å². The van der Waals surface area contributed by atoms with Gasteiger partial charge in [0.05, 0.1) is 5.69 Å². The lowest BCUT2D eigenvalue weighted by Gasteiger charge is -2.25. The molecule has 15 heavy (non-hydrogen) atoms. The standard InChI is InChI=1S/C13H24N2/c1-10-8-15(9-12(2,3)4)11(14-10)13(5,6)7/h8H,9H2,1-7H3. The first kappa shape index (κ1) is 12.3. The molecule has 1 aromatic heterocycles. The molecule has 0 saturated carbocycles. The van der Waals surface area contributed by atoms with Crippen molar-refractivity contribution in [2.24, 2.45) is 5.41 Å². The SMILES string of the molecule is Cc1cn(CC(C)(C)C)c(C(C)(C)C)n1. The zero-order chi connectivity index (χ0) is 11.9. The highest BCUT2D eigenvalue weighted by Crippen LogP contribution is 2.25. The first-order valence-corrected chi connectivity index (χ1v) is 5.64. The maximum absolute atomic E-state index is 4.63. The van der Waals surface area contributed by atoms with Gasteiger partial charge in [-0.25, -0.2) is 4.98 Å². The number of aromatic nitrogens is 2. The van der Waals surface area contributed by atoms with E-state index in [2.05, 4.69) is 64.2 Å². The summed E-state index contributed by atoms with van der Waals surface area (Å²) >= 11 is 0. The Kier molecular flexibility index (Phi) is 2.99. The third kappa shape index (κ3) is 3.37. The first-order chi connectivity index (χ1) is 6.59. The van der Waals surface area contributed by atoms with Crippen LogP contribution in [0.15, 0.2) is 6.20 Å². The van der Waals surface area contributed by atoms with Gasteiger partial charge in [0.2, 0.25) is 0 Å². The van der Waals surface area contributed by atoms with Crippen LogP contribution in [-0.2, 0) is 12.0 Å². The highest BCUT2D eigenvalue weighted by molar-refractivity contribution is 5.10. The van der Waals surface area contributed by atoms with Crippen molar-refractivity contribution in [3.63, 3.8) is 0 Å². The summed E-state index contributed by atoms with van der Waals surface area (Å²) in [6.45, 7) is 16.5. The van der Waals surface area contributed by atoms with Gasteiger partial charge >= 0.3 is 0 Å². The third-order valence-corrected chi connectivity index (χ3v) is 2.21. The number of rotatable bonds is 1. The highest BCUT2D eigenvalue weighted by Gasteiger charge is 2.23. The molecule has 0 amide bonds. The summed E-state index contributed by atoms with van der Waals surface area (Å²) in [4.78, 5) is 4.63. The molecule has 0 fully saturated rings. The fraction of sp³-hybridized carbons (Fsp3) is 0.769. The molecule has 0 unspecified atom stereocenters. The van der Waals surface area contributed by atoms with Gasteiger partial charge in [0.25, 0.3) is 0 Å². The minimum atomic E-state index is 0.125. The molecule has 2 heteroatoms. The number of hydrogen-bond acceptors (Lipinski definition) is 1. The van der Waals surface area contributed by atoms with E-state index in [0.29, 0.717) is 5.41 Å². The Balaban J connectivity index is 3.08. The zero-order valence-corrected chi connectivity index (χ0v) is 11.2. The normalized spacial score (nSPS) is 13.3. The van der Waals surface area contributed by atoms with Crippen LogP contribution in [0, 0.1) is 12.3 Å². The van der Waals surface area contributed by atoms with Crippen molar-refractivity contribution in [1.29, 1.82) is 0 Å². The van der Waals surface area contributed by atoms with E-state index >= 15 is 0 Å². The van der Waals surface area contributed by atoms with Gasteiger partial charge in [0.1, 0.15) is 5.82 Å². The zero-order valence-electron chi connectivity index (χ0n) is 11.2. The maximum atomic E-state index is 4.63. The van der Waals surface area contributed by atoms with E-state index in [4.69, 9.17) is 0 Å². The van der Waals surface area contributed by atoms with Crippen LogP contribution >= 0.6 is 0 Å². The lowest BCUT2D eigenvalue weighted by molar-refractivity contribution is 0.327. The topological polar surface area (TPSA) is 17.8 Å². The van der Waals surface area contributed by atoms with Crippen LogP contribution in [0.4, 0.5) is 0 Å². The second kappa shape index (κ2) is 3.66. The summed E-state index contributed by atoms with van der Waals surface area (Å²) in [6.07, 6.45) is 2.16. The van der Waals surface area contributed by atoms with Crippen molar-refractivity contribution in [1.82, 2.24) is 9.55 Å². The van der Waals surface area contributed by atoms with Gasteiger partial charge in [0, 0.05) is 18.2 Å². The number of aryl methyl sites for hydroxylation is 1. The summed E-state index contributed by atoms with van der Waals surface area (Å²) in [5.41, 5.74) is 1.54. The fourth-order valence-corrected chi connectivity index (χ4v) is 1.78. The van der Waals surface area contributed by atoms with Crippen LogP contribution in [0.1, 0.15) is 53.1 Å².